The van der Waals surface area contributed by atoms with Gasteiger partial charge in [0.05, 0.1) is 12.5 Å². The molecule has 0 saturated carbocycles. The maximum atomic E-state index is 5.90. The molecule has 3 heterocycles. The highest BCUT2D eigenvalue weighted by molar-refractivity contribution is 6.30. The Bertz CT molecular complexity index is 768. The summed E-state index contributed by atoms with van der Waals surface area (Å²) in [5.74, 6) is 2.51. The van der Waals surface area contributed by atoms with Crippen molar-refractivity contribution in [3.8, 4) is 11.5 Å². The number of aromatic amines is 1. The van der Waals surface area contributed by atoms with E-state index >= 15 is 0 Å². The van der Waals surface area contributed by atoms with Gasteiger partial charge in [-0.1, -0.05) is 11.6 Å². The number of hydrogen-bond donors (Lipinski definition) is 1. The fraction of sp³-hybridized carbons (Fsp3) is 0.312. The van der Waals surface area contributed by atoms with Crippen LogP contribution < -0.4 is 0 Å². The fourth-order valence-electron chi connectivity index (χ4n) is 2.88. The van der Waals surface area contributed by atoms with Gasteiger partial charge in [-0.3, -0.25) is 4.90 Å². The summed E-state index contributed by atoms with van der Waals surface area (Å²) in [4.78, 5) is 9.75. The molecule has 3 aromatic rings. The lowest BCUT2D eigenvalue weighted by atomic mass is 10.1. The first kappa shape index (κ1) is 14.4. The van der Waals surface area contributed by atoms with Crippen LogP contribution in [0.2, 0.25) is 5.02 Å². The molecular weight excluding hydrogens is 314 g/mol. The van der Waals surface area contributed by atoms with Gasteiger partial charge in [-0.15, -0.1) is 10.2 Å². The molecule has 2 aromatic heterocycles. The van der Waals surface area contributed by atoms with E-state index in [-0.39, 0.29) is 5.92 Å². The number of imidazole rings is 1. The van der Waals surface area contributed by atoms with Crippen LogP contribution in [0.15, 0.2) is 41.1 Å². The Balaban J connectivity index is 1.44. The molecule has 1 N–H and O–H groups in total. The molecule has 1 saturated heterocycles. The normalized spacial score (nSPS) is 18.6. The third kappa shape index (κ3) is 3.13. The lowest BCUT2D eigenvalue weighted by molar-refractivity contribution is 0.313. The van der Waals surface area contributed by atoms with Crippen LogP contribution in [0.25, 0.3) is 11.5 Å². The Morgan fingerprint density at radius 3 is 2.91 bits per heavy atom. The van der Waals surface area contributed by atoms with Crippen LogP contribution >= 0.6 is 11.6 Å². The predicted octanol–water partition coefficient (Wildman–Crippen LogP) is 3.10. The number of nitrogens with one attached hydrogen (secondary N) is 1. The zero-order valence-corrected chi connectivity index (χ0v) is 13.2. The largest absolute Gasteiger partial charge is 0.420 e. The Kier molecular flexibility index (Phi) is 3.85. The molecule has 0 bridgehead atoms. The van der Waals surface area contributed by atoms with Crippen LogP contribution in [0.5, 0.6) is 0 Å². The second-order valence-electron chi connectivity index (χ2n) is 5.71. The summed E-state index contributed by atoms with van der Waals surface area (Å²) >= 11 is 5.90. The van der Waals surface area contributed by atoms with Crippen LogP contribution in [0.1, 0.15) is 24.1 Å². The number of rotatable bonds is 4. The Labute approximate surface area is 138 Å². The van der Waals surface area contributed by atoms with Crippen molar-refractivity contribution < 1.29 is 4.42 Å². The van der Waals surface area contributed by atoms with Crippen LogP contribution in [0, 0.1) is 0 Å². The maximum absolute atomic E-state index is 5.90. The molecule has 1 aromatic carbocycles. The SMILES string of the molecule is Clc1ccc(-c2nnc([C@H]3CCN(Cc4ncc[nH]4)C3)o2)cc1. The number of aromatic nitrogens is 4. The van der Waals surface area contributed by atoms with Crippen molar-refractivity contribution >= 4 is 11.6 Å². The van der Waals surface area contributed by atoms with Gasteiger partial charge in [0, 0.05) is 29.5 Å². The molecule has 0 amide bonds. The summed E-state index contributed by atoms with van der Waals surface area (Å²) in [6.45, 7) is 2.73. The van der Waals surface area contributed by atoms with Gasteiger partial charge in [-0.2, -0.15) is 0 Å². The standard InChI is InChI=1S/C16H16ClN5O/c17-13-3-1-11(2-4-13)15-20-21-16(23-15)12-5-8-22(9-12)10-14-18-6-7-19-14/h1-4,6-7,12H,5,8-10H2,(H,18,19)/t12-/m0/s1. The van der Waals surface area contributed by atoms with E-state index in [1.807, 2.05) is 30.5 Å². The third-order valence-electron chi connectivity index (χ3n) is 4.08. The van der Waals surface area contributed by atoms with Gasteiger partial charge < -0.3 is 9.40 Å². The summed E-state index contributed by atoms with van der Waals surface area (Å²) in [6.07, 6.45) is 4.64. The summed E-state index contributed by atoms with van der Waals surface area (Å²) < 4.78 is 5.86. The van der Waals surface area contributed by atoms with E-state index in [0.29, 0.717) is 16.8 Å². The Morgan fingerprint density at radius 2 is 2.13 bits per heavy atom. The van der Waals surface area contributed by atoms with Gasteiger partial charge in [0.2, 0.25) is 11.8 Å². The monoisotopic (exact) mass is 329 g/mol. The highest BCUT2D eigenvalue weighted by Crippen LogP contribution is 2.29. The second kappa shape index (κ2) is 6.14. The topological polar surface area (TPSA) is 70.8 Å². The number of H-pyrrole nitrogens is 1. The first-order valence-corrected chi connectivity index (χ1v) is 7.95. The van der Waals surface area contributed by atoms with Crippen molar-refractivity contribution in [2.75, 3.05) is 13.1 Å². The van der Waals surface area contributed by atoms with Gasteiger partial charge in [0.25, 0.3) is 0 Å². The number of likely N-dealkylation sites (tertiary alicyclic amines) is 1. The van der Waals surface area contributed by atoms with E-state index in [1.165, 1.54) is 0 Å². The van der Waals surface area contributed by atoms with Crippen molar-refractivity contribution in [3.63, 3.8) is 0 Å². The third-order valence-corrected chi connectivity index (χ3v) is 4.33. The smallest absolute Gasteiger partial charge is 0.247 e. The Hall–Kier alpha value is -2.18. The number of halogens is 1. The van der Waals surface area contributed by atoms with E-state index in [1.54, 1.807) is 6.20 Å². The average Bonchev–Trinajstić information content (AvgIpc) is 3.29. The van der Waals surface area contributed by atoms with Gasteiger partial charge in [-0.05, 0) is 37.2 Å². The van der Waals surface area contributed by atoms with Crippen molar-refractivity contribution in [3.05, 3.63) is 53.4 Å². The van der Waals surface area contributed by atoms with Crippen LogP contribution in [-0.4, -0.2) is 38.2 Å². The highest BCUT2D eigenvalue weighted by Gasteiger charge is 2.28. The molecule has 1 aliphatic rings. The maximum Gasteiger partial charge on any atom is 0.247 e. The van der Waals surface area contributed by atoms with Crippen LogP contribution in [0.4, 0.5) is 0 Å². The molecule has 118 valence electrons. The minimum Gasteiger partial charge on any atom is -0.420 e. The quantitative estimate of drug-likeness (QED) is 0.796. The zero-order chi connectivity index (χ0) is 15.6. The molecule has 0 aliphatic carbocycles. The van der Waals surface area contributed by atoms with Crippen molar-refractivity contribution in [2.45, 2.75) is 18.9 Å². The van der Waals surface area contributed by atoms with E-state index < -0.39 is 0 Å². The van der Waals surface area contributed by atoms with Gasteiger partial charge in [0.15, 0.2) is 0 Å². The molecule has 4 rings (SSSR count). The van der Waals surface area contributed by atoms with Crippen molar-refractivity contribution in [1.29, 1.82) is 0 Å². The molecule has 7 heteroatoms. The molecule has 1 atom stereocenters. The van der Waals surface area contributed by atoms with E-state index in [4.69, 9.17) is 16.0 Å². The van der Waals surface area contributed by atoms with E-state index in [2.05, 4.69) is 25.1 Å². The Morgan fingerprint density at radius 1 is 1.26 bits per heavy atom. The lowest BCUT2D eigenvalue weighted by Crippen LogP contribution is -2.20. The second-order valence-corrected chi connectivity index (χ2v) is 6.15. The molecule has 6 nitrogen and oxygen atoms in total. The van der Waals surface area contributed by atoms with E-state index in [0.717, 1.165) is 37.4 Å². The van der Waals surface area contributed by atoms with E-state index in [9.17, 15) is 0 Å². The number of nitrogens with zero attached hydrogens (tertiary/aromatic N) is 4. The molecule has 1 fully saturated rings. The van der Waals surface area contributed by atoms with Crippen LogP contribution in [-0.2, 0) is 6.54 Å². The molecule has 1 aliphatic heterocycles. The summed E-state index contributed by atoms with van der Waals surface area (Å²) in [7, 11) is 0. The summed E-state index contributed by atoms with van der Waals surface area (Å²) in [5.41, 5.74) is 0.888. The number of hydrogen-bond acceptors (Lipinski definition) is 5. The van der Waals surface area contributed by atoms with Gasteiger partial charge >= 0.3 is 0 Å². The lowest BCUT2D eigenvalue weighted by Gasteiger charge is -2.12. The number of benzene rings is 1. The summed E-state index contributed by atoms with van der Waals surface area (Å²) in [5, 5.41) is 9.09. The fourth-order valence-corrected chi connectivity index (χ4v) is 3.01. The zero-order valence-electron chi connectivity index (χ0n) is 12.4. The van der Waals surface area contributed by atoms with Crippen molar-refractivity contribution in [1.82, 2.24) is 25.1 Å². The highest BCUT2D eigenvalue weighted by atomic mass is 35.5. The summed E-state index contributed by atoms with van der Waals surface area (Å²) in [6, 6.07) is 7.41. The molecule has 0 unspecified atom stereocenters. The van der Waals surface area contributed by atoms with Crippen molar-refractivity contribution in [2.24, 2.45) is 0 Å². The first-order valence-electron chi connectivity index (χ1n) is 7.58. The molecule has 0 radical (unpaired) electrons. The van der Waals surface area contributed by atoms with Gasteiger partial charge in [0.1, 0.15) is 5.82 Å². The molecular formula is C16H16ClN5O. The first-order chi connectivity index (χ1) is 11.3. The predicted molar refractivity (Wildman–Crippen MR) is 86.0 cm³/mol. The van der Waals surface area contributed by atoms with Crippen LogP contribution in [0.3, 0.4) is 0 Å². The minimum atomic E-state index is 0.276. The average molecular weight is 330 g/mol. The minimum absolute atomic E-state index is 0.276. The molecule has 23 heavy (non-hydrogen) atoms. The van der Waals surface area contributed by atoms with Gasteiger partial charge in [-0.25, -0.2) is 4.98 Å². The molecule has 0 spiro atoms.